The van der Waals surface area contributed by atoms with Gasteiger partial charge in [0, 0.05) is 13.2 Å². The highest BCUT2D eigenvalue weighted by atomic mass is 15.1. The Balaban J connectivity index is 2.59. The van der Waals surface area contributed by atoms with Crippen molar-refractivity contribution < 1.29 is 0 Å². The van der Waals surface area contributed by atoms with Gasteiger partial charge < -0.3 is 4.90 Å². The number of aliphatic imine (C=N–C) groups is 1. The Morgan fingerprint density at radius 2 is 2.38 bits per heavy atom. The molecule has 1 radical (unpaired) electrons. The van der Waals surface area contributed by atoms with E-state index in [0.29, 0.717) is 0 Å². The van der Waals surface area contributed by atoms with Crippen LogP contribution in [0.1, 0.15) is 6.92 Å². The summed E-state index contributed by atoms with van der Waals surface area (Å²) in [5.41, 5.74) is 1.19. The fourth-order valence-electron chi connectivity index (χ4n) is 0.644. The SMILES string of the molecule is CC1=CN=CN(C)[CH]1. The molecule has 0 unspecified atom stereocenters. The topological polar surface area (TPSA) is 15.6 Å². The van der Waals surface area contributed by atoms with Crippen LogP contribution in [0.3, 0.4) is 0 Å². The van der Waals surface area contributed by atoms with Gasteiger partial charge in [-0.15, -0.1) is 0 Å². The average molecular weight is 109 g/mol. The molecule has 2 nitrogen and oxygen atoms in total. The Morgan fingerprint density at radius 3 is 2.75 bits per heavy atom. The Bertz CT molecular complexity index is 135. The zero-order chi connectivity index (χ0) is 5.98. The molecule has 8 heavy (non-hydrogen) atoms. The fraction of sp³-hybridized carbons (Fsp3) is 0.333. The first-order valence-corrected chi connectivity index (χ1v) is 2.56. The third kappa shape index (κ3) is 1.09. The predicted octanol–water partition coefficient (Wildman–Crippen LogP) is 1.03. The second kappa shape index (κ2) is 1.99. The predicted molar refractivity (Wildman–Crippen MR) is 34.3 cm³/mol. The van der Waals surface area contributed by atoms with Crippen LogP contribution in [0.5, 0.6) is 0 Å². The van der Waals surface area contributed by atoms with Gasteiger partial charge in [-0.2, -0.15) is 0 Å². The number of hydrogen-bond acceptors (Lipinski definition) is 2. The molecule has 0 aromatic carbocycles. The van der Waals surface area contributed by atoms with Gasteiger partial charge in [0.2, 0.25) is 0 Å². The first-order valence-electron chi connectivity index (χ1n) is 2.56. The summed E-state index contributed by atoms with van der Waals surface area (Å²) < 4.78 is 0. The summed E-state index contributed by atoms with van der Waals surface area (Å²) >= 11 is 0. The largest absolute Gasteiger partial charge is 0.356 e. The molecule has 1 heterocycles. The standard InChI is InChI=1S/C6H9N2/c1-6-3-7-5-8(2)4-6/h3-5H,1-2H3. The number of hydrogen-bond donors (Lipinski definition) is 0. The quantitative estimate of drug-likeness (QED) is 0.453. The molecule has 1 aliphatic rings. The third-order valence-electron chi connectivity index (χ3n) is 0.934. The van der Waals surface area contributed by atoms with Crippen molar-refractivity contribution in [1.82, 2.24) is 4.90 Å². The molecule has 1 aliphatic heterocycles. The smallest absolute Gasteiger partial charge is 0.0908 e. The van der Waals surface area contributed by atoms with Crippen LogP contribution in [-0.4, -0.2) is 18.3 Å². The molecule has 0 bridgehead atoms. The summed E-state index contributed by atoms with van der Waals surface area (Å²) in [6, 6.07) is 0. The van der Waals surface area contributed by atoms with Gasteiger partial charge in [0.1, 0.15) is 0 Å². The third-order valence-corrected chi connectivity index (χ3v) is 0.934. The lowest BCUT2D eigenvalue weighted by Gasteiger charge is -2.14. The molecule has 0 atom stereocenters. The van der Waals surface area contributed by atoms with Crippen molar-refractivity contribution in [3.05, 3.63) is 18.3 Å². The summed E-state index contributed by atoms with van der Waals surface area (Å²) in [6.45, 7) is 4.04. The highest BCUT2D eigenvalue weighted by molar-refractivity contribution is 5.59. The van der Waals surface area contributed by atoms with Gasteiger partial charge >= 0.3 is 0 Å². The maximum absolute atomic E-state index is 3.95. The second-order valence-electron chi connectivity index (χ2n) is 1.93. The van der Waals surface area contributed by atoms with Crippen LogP contribution in [0.2, 0.25) is 0 Å². The normalized spacial score (nSPS) is 18.8. The van der Waals surface area contributed by atoms with Crippen LogP contribution in [0.15, 0.2) is 16.8 Å². The summed E-state index contributed by atoms with van der Waals surface area (Å²) in [6.07, 6.45) is 3.60. The van der Waals surface area contributed by atoms with Gasteiger partial charge in [-0.05, 0) is 12.5 Å². The second-order valence-corrected chi connectivity index (χ2v) is 1.93. The van der Waals surface area contributed by atoms with Crippen LogP contribution in [-0.2, 0) is 0 Å². The van der Waals surface area contributed by atoms with E-state index < -0.39 is 0 Å². The van der Waals surface area contributed by atoms with Crippen molar-refractivity contribution >= 4 is 6.34 Å². The summed E-state index contributed by atoms with van der Waals surface area (Å²) in [7, 11) is 1.96. The number of nitrogens with zero attached hydrogens (tertiary/aromatic N) is 2. The van der Waals surface area contributed by atoms with Crippen molar-refractivity contribution in [2.75, 3.05) is 7.05 Å². The van der Waals surface area contributed by atoms with Crippen molar-refractivity contribution in [1.29, 1.82) is 0 Å². The highest BCUT2D eigenvalue weighted by Crippen LogP contribution is 2.04. The highest BCUT2D eigenvalue weighted by Gasteiger charge is 1.97. The van der Waals surface area contributed by atoms with Gasteiger partial charge in [0.25, 0.3) is 0 Å². The van der Waals surface area contributed by atoms with Crippen LogP contribution in [0.25, 0.3) is 0 Å². The van der Waals surface area contributed by atoms with Gasteiger partial charge in [0.15, 0.2) is 0 Å². The molecule has 0 spiro atoms. The molecular formula is C6H9N2. The average Bonchev–Trinajstić information content (AvgIpc) is 1.64. The van der Waals surface area contributed by atoms with Crippen LogP contribution >= 0.6 is 0 Å². The molecule has 0 N–H and O–H groups in total. The van der Waals surface area contributed by atoms with Gasteiger partial charge in [-0.1, -0.05) is 0 Å². The number of rotatable bonds is 0. The lowest BCUT2D eigenvalue weighted by atomic mass is 10.3. The first kappa shape index (κ1) is 5.35. The maximum atomic E-state index is 3.95. The van der Waals surface area contributed by atoms with Crippen molar-refractivity contribution in [2.24, 2.45) is 4.99 Å². The zero-order valence-corrected chi connectivity index (χ0v) is 5.13. The van der Waals surface area contributed by atoms with E-state index >= 15 is 0 Å². The van der Waals surface area contributed by atoms with E-state index in [1.54, 1.807) is 6.34 Å². The van der Waals surface area contributed by atoms with Gasteiger partial charge in [-0.3, -0.25) is 0 Å². The first-order chi connectivity index (χ1) is 3.79. The van der Waals surface area contributed by atoms with E-state index in [0.717, 1.165) is 0 Å². The Kier molecular flexibility index (Phi) is 1.33. The zero-order valence-electron chi connectivity index (χ0n) is 5.13. The number of likely N-dealkylation sites (N-methyl/N-ethyl adjacent to an activating group) is 1. The van der Waals surface area contributed by atoms with Crippen molar-refractivity contribution in [3.8, 4) is 0 Å². The van der Waals surface area contributed by atoms with E-state index in [1.807, 2.05) is 31.6 Å². The van der Waals surface area contributed by atoms with E-state index in [2.05, 4.69) is 4.99 Å². The van der Waals surface area contributed by atoms with Crippen molar-refractivity contribution in [3.63, 3.8) is 0 Å². The Morgan fingerprint density at radius 1 is 1.62 bits per heavy atom. The molecular weight excluding hydrogens is 100 g/mol. The maximum Gasteiger partial charge on any atom is 0.0908 e. The molecule has 1 rings (SSSR count). The molecule has 0 saturated heterocycles. The summed E-state index contributed by atoms with van der Waals surface area (Å²) in [4.78, 5) is 5.87. The fourth-order valence-corrected chi connectivity index (χ4v) is 0.644. The van der Waals surface area contributed by atoms with Crippen LogP contribution in [0.4, 0.5) is 0 Å². The summed E-state index contributed by atoms with van der Waals surface area (Å²) in [5, 5.41) is 0. The molecule has 0 aliphatic carbocycles. The van der Waals surface area contributed by atoms with Gasteiger partial charge in [0.05, 0.1) is 12.9 Å². The van der Waals surface area contributed by atoms with Gasteiger partial charge in [-0.25, -0.2) is 4.99 Å². The summed E-state index contributed by atoms with van der Waals surface area (Å²) in [5.74, 6) is 0. The minimum atomic E-state index is 1.19. The van der Waals surface area contributed by atoms with Crippen molar-refractivity contribution in [2.45, 2.75) is 6.92 Å². The van der Waals surface area contributed by atoms with E-state index in [4.69, 9.17) is 0 Å². The Hall–Kier alpha value is -0.790. The lowest BCUT2D eigenvalue weighted by Crippen LogP contribution is -2.14. The minimum absolute atomic E-state index is 1.19. The molecule has 0 aromatic rings. The monoisotopic (exact) mass is 109 g/mol. The molecule has 2 heteroatoms. The van der Waals surface area contributed by atoms with E-state index in [1.165, 1.54) is 5.57 Å². The van der Waals surface area contributed by atoms with Crippen LogP contribution < -0.4 is 0 Å². The Labute approximate surface area is 49.5 Å². The molecule has 0 fully saturated rings. The van der Waals surface area contributed by atoms with Crippen LogP contribution in [0, 0.1) is 6.54 Å². The molecule has 43 valence electrons. The molecule has 0 saturated carbocycles. The minimum Gasteiger partial charge on any atom is -0.356 e. The molecule has 0 amide bonds. The van der Waals surface area contributed by atoms with E-state index in [9.17, 15) is 0 Å². The lowest BCUT2D eigenvalue weighted by molar-refractivity contribution is 0.637. The molecule has 0 aromatic heterocycles. The van der Waals surface area contributed by atoms with E-state index in [-0.39, 0.29) is 0 Å².